The van der Waals surface area contributed by atoms with Crippen LogP contribution in [0.25, 0.3) is 27.9 Å². The standard InChI is InChI=1S/C25H21N5O2/c1-15-8-7-9-16(2)22(15)26-25(31)23-17(3)30(29-27-23)19-12-13-21-20(14-19)24(32-28-21)18-10-5-4-6-11-18/h4-14H,1-3H3,(H,26,31). The lowest BCUT2D eigenvalue weighted by Gasteiger charge is -2.10. The average Bonchev–Trinajstić information content (AvgIpc) is 3.40. The largest absolute Gasteiger partial charge is 0.355 e. The van der Waals surface area contributed by atoms with Crippen molar-refractivity contribution in [1.29, 1.82) is 0 Å². The van der Waals surface area contributed by atoms with Crippen LogP contribution < -0.4 is 5.32 Å². The lowest BCUT2D eigenvalue weighted by atomic mass is 10.1. The lowest BCUT2D eigenvalue weighted by Crippen LogP contribution is -2.15. The predicted octanol–water partition coefficient (Wildman–Crippen LogP) is 5.25. The molecule has 0 saturated heterocycles. The quantitative estimate of drug-likeness (QED) is 0.426. The molecule has 0 unspecified atom stereocenters. The van der Waals surface area contributed by atoms with Crippen LogP contribution in [0.1, 0.15) is 27.3 Å². The monoisotopic (exact) mass is 423 g/mol. The first kappa shape index (κ1) is 19.7. The Balaban J connectivity index is 1.51. The topological polar surface area (TPSA) is 85.8 Å². The summed E-state index contributed by atoms with van der Waals surface area (Å²) in [7, 11) is 0. The molecule has 2 aromatic heterocycles. The molecule has 0 aliphatic heterocycles. The average molecular weight is 423 g/mol. The number of aryl methyl sites for hydroxylation is 2. The molecule has 5 aromatic rings. The first-order valence-corrected chi connectivity index (χ1v) is 10.3. The molecule has 0 radical (unpaired) electrons. The van der Waals surface area contributed by atoms with E-state index in [0.29, 0.717) is 11.5 Å². The van der Waals surface area contributed by atoms with E-state index in [4.69, 9.17) is 4.52 Å². The van der Waals surface area contributed by atoms with E-state index in [-0.39, 0.29) is 11.6 Å². The minimum Gasteiger partial charge on any atom is -0.355 e. The number of fused-ring (bicyclic) bond motifs is 1. The maximum atomic E-state index is 12.9. The number of carbonyl (C=O) groups excluding carboxylic acids is 1. The molecule has 0 fully saturated rings. The molecule has 32 heavy (non-hydrogen) atoms. The zero-order valence-electron chi connectivity index (χ0n) is 18.0. The number of hydrogen-bond donors (Lipinski definition) is 1. The van der Waals surface area contributed by atoms with Gasteiger partial charge in [0, 0.05) is 11.3 Å². The fourth-order valence-corrected chi connectivity index (χ4v) is 3.83. The van der Waals surface area contributed by atoms with Gasteiger partial charge in [0.05, 0.1) is 16.8 Å². The van der Waals surface area contributed by atoms with Gasteiger partial charge in [0.15, 0.2) is 11.5 Å². The number of nitrogens with one attached hydrogen (secondary N) is 1. The number of rotatable bonds is 4. The molecule has 2 heterocycles. The van der Waals surface area contributed by atoms with E-state index < -0.39 is 0 Å². The van der Waals surface area contributed by atoms with Crippen LogP contribution in [0.3, 0.4) is 0 Å². The van der Waals surface area contributed by atoms with Crippen molar-refractivity contribution >= 4 is 22.5 Å². The SMILES string of the molecule is Cc1cccc(C)c1NC(=O)c1nnn(-c2ccc3noc(-c4ccccc4)c3c2)c1C. The van der Waals surface area contributed by atoms with E-state index in [0.717, 1.165) is 39.0 Å². The predicted molar refractivity (Wildman–Crippen MR) is 123 cm³/mol. The molecular weight excluding hydrogens is 402 g/mol. The molecule has 5 rings (SSSR count). The fourth-order valence-electron chi connectivity index (χ4n) is 3.83. The Kier molecular flexibility index (Phi) is 4.78. The van der Waals surface area contributed by atoms with Crippen LogP contribution in [-0.2, 0) is 0 Å². The van der Waals surface area contributed by atoms with Crippen molar-refractivity contribution < 1.29 is 9.32 Å². The van der Waals surface area contributed by atoms with Gasteiger partial charge in [-0.15, -0.1) is 5.10 Å². The van der Waals surface area contributed by atoms with Crippen molar-refractivity contribution in [2.75, 3.05) is 5.32 Å². The van der Waals surface area contributed by atoms with Gasteiger partial charge in [0.1, 0.15) is 5.52 Å². The summed E-state index contributed by atoms with van der Waals surface area (Å²) in [4.78, 5) is 12.9. The minimum absolute atomic E-state index is 0.279. The Bertz CT molecular complexity index is 1430. The number of carbonyl (C=O) groups is 1. The number of benzene rings is 3. The van der Waals surface area contributed by atoms with E-state index in [2.05, 4.69) is 20.8 Å². The second kappa shape index (κ2) is 7.77. The number of aromatic nitrogens is 4. The van der Waals surface area contributed by atoms with Crippen molar-refractivity contribution in [2.24, 2.45) is 0 Å². The summed E-state index contributed by atoms with van der Waals surface area (Å²) in [5, 5.41) is 16.4. The molecule has 0 spiro atoms. The summed E-state index contributed by atoms with van der Waals surface area (Å²) in [6.45, 7) is 5.76. The number of hydrogen-bond acceptors (Lipinski definition) is 5. The highest BCUT2D eigenvalue weighted by molar-refractivity contribution is 6.04. The van der Waals surface area contributed by atoms with Crippen LogP contribution in [0.15, 0.2) is 71.3 Å². The van der Waals surface area contributed by atoms with Gasteiger partial charge in [-0.2, -0.15) is 0 Å². The highest BCUT2D eigenvalue weighted by Crippen LogP contribution is 2.30. The molecule has 0 bridgehead atoms. The van der Waals surface area contributed by atoms with Crippen LogP contribution in [0.2, 0.25) is 0 Å². The van der Waals surface area contributed by atoms with Crippen molar-refractivity contribution in [3.8, 4) is 17.0 Å². The van der Waals surface area contributed by atoms with Gasteiger partial charge >= 0.3 is 0 Å². The molecule has 7 nitrogen and oxygen atoms in total. The molecular formula is C25H21N5O2. The van der Waals surface area contributed by atoms with Crippen LogP contribution in [0.4, 0.5) is 5.69 Å². The van der Waals surface area contributed by atoms with Gasteiger partial charge < -0.3 is 9.84 Å². The molecule has 0 aliphatic carbocycles. The van der Waals surface area contributed by atoms with Crippen LogP contribution >= 0.6 is 0 Å². The van der Waals surface area contributed by atoms with Gasteiger partial charge in [0.2, 0.25) is 0 Å². The summed E-state index contributed by atoms with van der Waals surface area (Å²) in [6.07, 6.45) is 0. The van der Waals surface area contributed by atoms with E-state index in [9.17, 15) is 4.79 Å². The van der Waals surface area contributed by atoms with Crippen molar-refractivity contribution in [3.05, 3.63) is 89.2 Å². The van der Waals surface area contributed by atoms with Crippen molar-refractivity contribution in [1.82, 2.24) is 20.2 Å². The van der Waals surface area contributed by atoms with Gasteiger partial charge in [0.25, 0.3) is 5.91 Å². The van der Waals surface area contributed by atoms with Crippen molar-refractivity contribution in [2.45, 2.75) is 20.8 Å². The van der Waals surface area contributed by atoms with Gasteiger partial charge in [-0.25, -0.2) is 4.68 Å². The summed E-state index contributed by atoms with van der Waals surface area (Å²) in [5.74, 6) is 0.399. The Morgan fingerprint density at radius 1 is 0.938 bits per heavy atom. The van der Waals surface area contributed by atoms with Crippen LogP contribution in [0.5, 0.6) is 0 Å². The molecule has 3 aromatic carbocycles. The lowest BCUT2D eigenvalue weighted by molar-refractivity contribution is 0.102. The number of anilines is 1. The third kappa shape index (κ3) is 3.33. The van der Waals surface area contributed by atoms with Crippen LogP contribution in [0, 0.1) is 20.8 Å². The smallest absolute Gasteiger partial charge is 0.278 e. The molecule has 7 heteroatoms. The Morgan fingerprint density at radius 3 is 2.44 bits per heavy atom. The number of amides is 1. The molecule has 0 atom stereocenters. The summed E-state index contributed by atoms with van der Waals surface area (Å²) >= 11 is 0. The van der Waals surface area contributed by atoms with E-state index in [1.54, 1.807) is 4.68 Å². The van der Waals surface area contributed by atoms with Crippen LogP contribution in [-0.4, -0.2) is 26.1 Å². The second-order valence-electron chi connectivity index (χ2n) is 7.74. The van der Waals surface area contributed by atoms with Gasteiger partial charge in [-0.1, -0.05) is 58.9 Å². The second-order valence-corrected chi connectivity index (χ2v) is 7.74. The normalized spacial score (nSPS) is 11.1. The Morgan fingerprint density at radius 2 is 1.69 bits per heavy atom. The molecule has 0 saturated carbocycles. The zero-order chi connectivity index (χ0) is 22.2. The summed E-state index contributed by atoms with van der Waals surface area (Å²) in [6, 6.07) is 21.4. The highest BCUT2D eigenvalue weighted by Gasteiger charge is 2.20. The van der Waals surface area contributed by atoms with E-state index >= 15 is 0 Å². The van der Waals surface area contributed by atoms with E-state index in [1.807, 2.05) is 87.5 Å². The maximum absolute atomic E-state index is 12.9. The molecule has 158 valence electrons. The highest BCUT2D eigenvalue weighted by atomic mass is 16.5. The Hall–Kier alpha value is -4.26. The number of para-hydroxylation sites is 1. The first-order valence-electron chi connectivity index (χ1n) is 10.3. The third-order valence-electron chi connectivity index (χ3n) is 5.57. The fraction of sp³-hybridized carbons (Fsp3) is 0.120. The zero-order valence-corrected chi connectivity index (χ0v) is 18.0. The number of nitrogens with zero attached hydrogens (tertiary/aromatic N) is 4. The molecule has 1 amide bonds. The minimum atomic E-state index is -0.290. The molecule has 1 N–H and O–H groups in total. The van der Waals surface area contributed by atoms with Gasteiger partial charge in [-0.05, 0) is 50.1 Å². The van der Waals surface area contributed by atoms with Crippen molar-refractivity contribution in [3.63, 3.8) is 0 Å². The van der Waals surface area contributed by atoms with Gasteiger partial charge in [-0.3, -0.25) is 4.79 Å². The summed E-state index contributed by atoms with van der Waals surface area (Å²) in [5.41, 5.74) is 6.17. The maximum Gasteiger partial charge on any atom is 0.278 e. The molecule has 0 aliphatic rings. The third-order valence-corrected chi connectivity index (χ3v) is 5.57. The summed E-state index contributed by atoms with van der Waals surface area (Å²) < 4.78 is 7.25. The van der Waals surface area contributed by atoms with E-state index in [1.165, 1.54) is 0 Å². The first-order chi connectivity index (χ1) is 15.5. The Labute approximate surface area is 184 Å².